The van der Waals surface area contributed by atoms with Crippen LogP contribution in [0.3, 0.4) is 0 Å². The molecule has 29 heavy (non-hydrogen) atoms. The Labute approximate surface area is 177 Å². The summed E-state index contributed by atoms with van der Waals surface area (Å²) < 4.78 is 7.85. The first kappa shape index (κ1) is 21.3. The highest BCUT2D eigenvalue weighted by molar-refractivity contribution is 9.10. The van der Waals surface area contributed by atoms with Crippen LogP contribution in [-0.2, 0) is 11.3 Å². The lowest BCUT2D eigenvalue weighted by Crippen LogP contribution is -2.38. The van der Waals surface area contributed by atoms with Gasteiger partial charge in [0.25, 0.3) is 5.56 Å². The predicted molar refractivity (Wildman–Crippen MR) is 116 cm³/mol. The zero-order chi connectivity index (χ0) is 20.8. The zero-order valence-corrected chi connectivity index (χ0v) is 18.2. The Morgan fingerprint density at radius 2 is 2.10 bits per heavy atom. The largest absolute Gasteiger partial charge is 0.468 e. The number of carbonyl (C=O) groups excluding carboxylic acids is 1. The maximum absolute atomic E-state index is 12.6. The van der Waals surface area contributed by atoms with Crippen molar-refractivity contribution < 1.29 is 9.21 Å². The smallest absolute Gasteiger partial charge is 0.261 e. The molecule has 0 saturated carbocycles. The molecule has 0 aliphatic carbocycles. The minimum atomic E-state index is -0.152. The molecule has 0 bridgehead atoms. The standard InChI is InChI=1S/C21H25BrN4O3/c1-3-25(4-2)18(19-6-5-11-29-19)13-23-20(27)9-10-26-14-24-17-8-7-15(22)12-16(17)21(26)28/h5-8,11-12,14,18H,3-4,9-10,13H2,1-2H3,(H,23,27). The Kier molecular flexibility index (Phi) is 7.22. The van der Waals surface area contributed by atoms with Crippen LogP contribution in [-0.4, -0.2) is 40.0 Å². The molecular formula is C21H25BrN4O3. The summed E-state index contributed by atoms with van der Waals surface area (Å²) in [4.78, 5) is 31.6. The molecule has 3 aromatic rings. The van der Waals surface area contributed by atoms with E-state index in [0.717, 1.165) is 23.3 Å². The van der Waals surface area contributed by atoms with Crippen molar-refractivity contribution in [2.24, 2.45) is 0 Å². The van der Waals surface area contributed by atoms with Gasteiger partial charge < -0.3 is 9.73 Å². The zero-order valence-electron chi connectivity index (χ0n) is 16.6. The van der Waals surface area contributed by atoms with Gasteiger partial charge in [0, 0.05) is 24.0 Å². The summed E-state index contributed by atoms with van der Waals surface area (Å²) in [6.07, 6.45) is 3.34. The fraction of sp³-hybridized carbons (Fsp3) is 0.381. The molecule has 0 aliphatic rings. The molecule has 0 spiro atoms. The van der Waals surface area contributed by atoms with Crippen LogP contribution >= 0.6 is 15.9 Å². The summed E-state index contributed by atoms with van der Waals surface area (Å²) in [6.45, 7) is 6.59. The molecule has 0 radical (unpaired) electrons. The summed E-state index contributed by atoms with van der Waals surface area (Å²) in [6, 6.07) is 9.14. The van der Waals surface area contributed by atoms with E-state index in [0.29, 0.717) is 17.4 Å². The number of fused-ring (bicyclic) bond motifs is 1. The quantitative estimate of drug-likeness (QED) is 0.529. The van der Waals surface area contributed by atoms with E-state index in [4.69, 9.17) is 4.42 Å². The van der Waals surface area contributed by atoms with Crippen LogP contribution in [0.1, 0.15) is 32.1 Å². The number of furan rings is 1. The van der Waals surface area contributed by atoms with Gasteiger partial charge in [-0.05, 0) is 43.4 Å². The summed E-state index contributed by atoms with van der Waals surface area (Å²) in [5.74, 6) is 0.712. The van der Waals surface area contributed by atoms with Crippen molar-refractivity contribution in [3.05, 3.63) is 63.5 Å². The summed E-state index contributed by atoms with van der Waals surface area (Å²) in [5.41, 5.74) is 0.486. The van der Waals surface area contributed by atoms with Crippen LogP contribution < -0.4 is 10.9 Å². The normalized spacial score (nSPS) is 12.4. The molecule has 1 amide bonds. The highest BCUT2D eigenvalue weighted by Crippen LogP contribution is 2.20. The predicted octanol–water partition coefficient (Wildman–Crippen LogP) is 3.34. The van der Waals surface area contributed by atoms with Gasteiger partial charge in [0.05, 0.1) is 29.5 Å². The first-order valence-corrected chi connectivity index (χ1v) is 10.5. The SMILES string of the molecule is CCN(CC)C(CNC(=O)CCn1cnc2ccc(Br)cc2c1=O)c1ccco1. The molecule has 1 unspecified atom stereocenters. The van der Waals surface area contributed by atoms with Gasteiger partial charge in [-0.2, -0.15) is 0 Å². The van der Waals surface area contributed by atoms with Gasteiger partial charge >= 0.3 is 0 Å². The van der Waals surface area contributed by atoms with Crippen LogP contribution in [0.4, 0.5) is 0 Å². The molecule has 2 heterocycles. The second kappa shape index (κ2) is 9.84. The number of rotatable bonds is 9. The third-order valence-corrected chi connectivity index (χ3v) is 5.48. The van der Waals surface area contributed by atoms with Crippen molar-refractivity contribution in [3.8, 4) is 0 Å². The van der Waals surface area contributed by atoms with Crippen molar-refractivity contribution in [1.82, 2.24) is 19.8 Å². The molecule has 0 aliphatic heterocycles. The number of benzene rings is 1. The Hall–Kier alpha value is -2.45. The third-order valence-electron chi connectivity index (χ3n) is 4.98. The lowest BCUT2D eigenvalue weighted by Gasteiger charge is -2.28. The van der Waals surface area contributed by atoms with Crippen LogP contribution in [0.5, 0.6) is 0 Å². The molecule has 1 N–H and O–H groups in total. The molecule has 1 aromatic carbocycles. The van der Waals surface area contributed by atoms with Crippen molar-refractivity contribution in [1.29, 1.82) is 0 Å². The van der Waals surface area contributed by atoms with Crippen molar-refractivity contribution >= 4 is 32.7 Å². The topological polar surface area (TPSA) is 80.4 Å². The van der Waals surface area contributed by atoms with Crippen molar-refractivity contribution in [2.45, 2.75) is 32.9 Å². The van der Waals surface area contributed by atoms with Gasteiger partial charge in [-0.1, -0.05) is 29.8 Å². The van der Waals surface area contributed by atoms with E-state index < -0.39 is 0 Å². The van der Waals surface area contributed by atoms with Gasteiger partial charge in [-0.15, -0.1) is 0 Å². The van der Waals surface area contributed by atoms with Gasteiger partial charge in [0.15, 0.2) is 0 Å². The van der Waals surface area contributed by atoms with Crippen LogP contribution in [0.2, 0.25) is 0 Å². The molecule has 0 saturated heterocycles. The second-order valence-electron chi connectivity index (χ2n) is 6.71. The minimum Gasteiger partial charge on any atom is -0.468 e. The Morgan fingerprint density at radius 3 is 2.79 bits per heavy atom. The number of nitrogens with one attached hydrogen (secondary N) is 1. The number of hydrogen-bond donors (Lipinski definition) is 1. The summed E-state index contributed by atoms with van der Waals surface area (Å²) in [5, 5.41) is 3.50. The number of amides is 1. The van der Waals surface area contributed by atoms with Gasteiger partial charge in [-0.3, -0.25) is 19.1 Å². The van der Waals surface area contributed by atoms with Crippen molar-refractivity contribution in [2.75, 3.05) is 19.6 Å². The van der Waals surface area contributed by atoms with Gasteiger partial charge in [-0.25, -0.2) is 4.98 Å². The Morgan fingerprint density at radius 1 is 1.31 bits per heavy atom. The molecule has 3 rings (SSSR count). The third kappa shape index (κ3) is 5.13. The first-order chi connectivity index (χ1) is 14.0. The number of carbonyl (C=O) groups is 1. The van der Waals surface area contributed by atoms with Gasteiger partial charge in [0.1, 0.15) is 5.76 Å². The van der Waals surface area contributed by atoms with Crippen LogP contribution in [0.25, 0.3) is 10.9 Å². The maximum Gasteiger partial charge on any atom is 0.261 e. The second-order valence-corrected chi connectivity index (χ2v) is 7.63. The Bertz CT molecular complexity index is 1010. The molecule has 8 heteroatoms. The number of aromatic nitrogens is 2. The molecule has 1 atom stereocenters. The lowest BCUT2D eigenvalue weighted by atomic mass is 10.2. The molecular weight excluding hydrogens is 436 g/mol. The van der Waals surface area contributed by atoms with Crippen molar-refractivity contribution in [3.63, 3.8) is 0 Å². The average Bonchev–Trinajstić information content (AvgIpc) is 3.25. The van der Waals surface area contributed by atoms with E-state index >= 15 is 0 Å². The van der Waals surface area contributed by atoms with E-state index in [2.05, 4.69) is 45.0 Å². The summed E-state index contributed by atoms with van der Waals surface area (Å²) in [7, 11) is 0. The Balaban J connectivity index is 1.63. The van der Waals surface area contributed by atoms with E-state index in [1.54, 1.807) is 18.4 Å². The minimum absolute atomic E-state index is 0.0219. The fourth-order valence-electron chi connectivity index (χ4n) is 3.37. The molecule has 2 aromatic heterocycles. The van der Waals surface area contributed by atoms with E-state index in [1.165, 1.54) is 10.9 Å². The maximum atomic E-state index is 12.6. The first-order valence-electron chi connectivity index (χ1n) is 9.72. The lowest BCUT2D eigenvalue weighted by molar-refractivity contribution is -0.121. The monoisotopic (exact) mass is 460 g/mol. The van der Waals surface area contributed by atoms with Crippen LogP contribution in [0, 0.1) is 0 Å². The molecule has 0 fully saturated rings. The summed E-state index contributed by atoms with van der Waals surface area (Å²) >= 11 is 3.38. The average molecular weight is 461 g/mol. The number of nitrogens with zero attached hydrogens (tertiary/aromatic N) is 3. The van der Waals surface area contributed by atoms with E-state index in [1.807, 2.05) is 18.2 Å². The number of hydrogen-bond acceptors (Lipinski definition) is 5. The van der Waals surface area contributed by atoms with Crippen LogP contribution in [0.15, 0.2) is 56.6 Å². The van der Waals surface area contributed by atoms with E-state index in [-0.39, 0.29) is 30.5 Å². The number of aryl methyl sites for hydroxylation is 1. The highest BCUT2D eigenvalue weighted by Gasteiger charge is 2.21. The van der Waals surface area contributed by atoms with E-state index in [9.17, 15) is 9.59 Å². The number of halogens is 1. The number of likely N-dealkylation sites (N-methyl/N-ethyl adjacent to an activating group) is 1. The molecule has 154 valence electrons. The van der Waals surface area contributed by atoms with Gasteiger partial charge in [0.2, 0.25) is 5.91 Å². The highest BCUT2D eigenvalue weighted by atomic mass is 79.9. The molecule has 7 nitrogen and oxygen atoms in total. The fourth-order valence-corrected chi connectivity index (χ4v) is 3.73.